The van der Waals surface area contributed by atoms with Crippen molar-refractivity contribution in [2.75, 3.05) is 0 Å². The fourth-order valence-electron chi connectivity index (χ4n) is 2.88. The lowest BCUT2D eigenvalue weighted by atomic mass is 9.77. The first-order chi connectivity index (χ1) is 8.49. The molecular formula is C12H16ClNO4. The Hall–Kier alpha value is -1.23. The number of carboxylic acids is 2. The normalized spacial score (nSPS) is 32.1. The molecule has 0 radical (unpaired) electrons. The van der Waals surface area contributed by atoms with E-state index in [0.717, 1.165) is 12.8 Å². The molecule has 0 bridgehead atoms. The topological polar surface area (TPSA) is 86.6 Å². The highest BCUT2D eigenvalue weighted by molar-refractivity contribution is 6.20. The Morgan fingerprint density at radius 2 is 2.17 bits per heavy atom. The molecular weight excluding hydrogens is 258 g/mol. The quantitative estimate of drug-likeness (QED) is 0.675. The van der Waals surface area contributed by atoms with Crippen molar-refractivity contribution in [1.82, 2.24) is 5.32 Å². The van der Waals surface area contributed by atoms with Crippen LogP contribution in [0.3, 0.4) is 0 Å². The lowest BCUT2D eigenvalue weighted by Gasteiger charge is -2.31. The zero-order valence-corrected chi connectivity index (χ0v) is 10.6. The molecule has 100 valence electrons. The van der Waals surface area contributed by atoms with E-state index < -0.39 is 17.9 Å². The Bertz CT molecular complexity index is 396. The van der Waals surface area contributed by atoms with Gasteiger partial charge in [0.1, 0.15) is 0 Å². The first-order valence-electron chi connectivity index (χ1n) is 6.03. The number of hydrogen-bond acceptors (Lipinski definition) is 3. The summed E-state index contributed by atoms with van der Waals surface area (Å²) in [5.74, 6) is -3.07. The SMILES string of the molecule is O=C(O)CC(C(=O)O)C1=CNC2CCC(Cl)CC12. The minimum absolute atomic E-state index is 0.0498. The molecule has 1 fully saturated rings. The molecule has 0 aromatic heterocycles. The molecule has 2 aliphatic rings. The van der Waals surface area contributed by atoms with E-state index in [1.807, 2.05) is 0 Å². The fourth-order valence-corrected chi connectivity index (χ4v) is 3.20. The maximum Gasteiger partial charge on any atom is 0.311 e. The predicted molar refractivity (Wildman–Crippen MR) is 65.4 cm³/mol. The zero-order valence-electron chi connectivity index (χ0n) is 9.80. The third-order valence-corrected chi connectivity index (χ3v) is 4.15. The predicted octanol–water partition coefficient (Wildman–Crippen LogP) is 1.43. The van der Waals surface area contributed by atoms with E-state index in [-0.39, 0.29) is 23.8 Å². The van der Waals surface area contributed by atoms with E-state index in [0.29, 0.717) is 12.0 Å². The summed E-state index contributed by atoms with van der Waals surface area (Å²) in [6.07, 6.45) is 3.84. The zero-order chi connectivity index (χ0) is 13.3. The monoisotopic (exact) mass is 273 g/mol. The molecule has 1 aliphatic heterocycles. The van der Waals surface area contributed by atoms with Gasteiger partial charge in [-0.05, 0) is 31.0 Å². The van der Waals surface area contributed by atoms with Crippen LogP contribution in [0.5, 0.6) is 0 Å². The highest BCUT2D eigenvalue weighted by atomic mass is 35.5. The molecule has 6 heteroatoms. The van der Waals surface area contributed by atoms with Gasteiger partial charge in [0.05, 0.1) is 12.3 Å². The van der Waals surface area contributed by atoms with Gasteiger partial charge < -0.3 is 15.5 Å². The molecule has 1 saturated carbocycles. The lowest BCUT2D eigenvalue weighted by molar-refractivity contribution is -0.147. The summed E-state index contributed by atoms with van der Waals surface area (Å²) >= 11 is 6.12. The van der Waals surface area contributed by atoms with Crippen molar-refractivity contribution in [2.24, 2.45) is 11.8 Å². The van der Waals surface area contributed by atoms with Crippen molar-refractivity contribution in [3.63, 3.8) is 0 Å². The first kappa shape index (κ1) is 13.2. The molecule has 2 rings (SSSR count). The number of halogens is 1. The van der Waals surface area contributed by atoms with Gasteiger partial charge in [-0.1, -0.05) is 0 Å². The van der Waals surface area contributed by atoms with Crippen LogP contribution in [0.4, 0.5) is 0 Å². The Balaban J connectivity index is 2.15. The van der Waals surface area contributed by atoms with E-state index in [1.54, 1.807) is 6.20 Å². The van der Waals surface area contributed by atoms with Gasteiger partial charge in [0.25, 0.3) is 0 Å². The number of aliphatic carboxylic acids is 2. The van der Waals surface area contributed by atoms with E-state index in [4.69, 9.17) is 16.7 Å². The molecule has 1 aliphatic carbocycles. The van der Waals surface area contributed by atoms with Crippen molar-refractivity contribution in [3.8, 4) is 0 Å². The van der Waals surface area contributed by atoms with Crippen LogP contribution in [0.15, 0.2) is 11.8 Å². The summed E-state index contributed by atoms with van der Waals surface area (Å²) in [4.78, 5) is 22.0. The maximum absolute atomic E-state index is 11.2. The van der Waals surface area contributed by atoms with Crippen LogP contribution in [-0.4, -0.2) is 33.6 Å². The van der Waals surface area contributed by atoms with Crippen LogP contribution in [-0.2, 0) is 9.59 Å². The fraction of sp³-hybridized carbons (Fsp3) is 0.667. The summed E-state index contributed by atoms with van der Waals surface area (Å²) in [6, 6.07) is 0.214. The summed E-state index contributed by atoms with van der Waals surface area (Å²) < 4.78 is 0. The second-order valence-corrected chi connectivity index (χ2v) is 5.54. The van der Waals surface area contributed by atoms with Crippen LogP contribution in [0.2, 0.25) is 0 Å². The molecule has 0 amide bonds. The summed E-state index contributed by atoms with van der Waals surface area (Å²) in [6.45, 7) is 0. The third kappa shape index (κ3) is 2.61. The van der Waals surface area contributed by atoms with E-state index >= 15 is 0 Å². The summed E-state index contributed by atoms with van der Waals surface area (Å²) in [5.41, 5.74) is 0.681. The Kier molecular flexibility index (Phi) is 3.80. The van der Waals surface area contributed by atoms with Gasteiger partial charge in [-0.2, -0.15) is 0 Å². The van der Waals surface area contributed by atoms with Gasteiger partial charge in [0.2, 0.25) is 0 Å². The average Bonchev–Trinajstić information content (AvgIpc) is 2.68. The van der Waals surface area contributed by atoms with E-state index in [2.05, 4.69) is 5.32 Å². The van der Waals surface area contributed by atoms with E-state index in [9.17, 15) is 14.7 Å². The highest BCUT2D eigenvalue weighted by Crippen LogP contribution is 2.40. The van der Waals surface area contributed by atoms with Crippen molar-refractivity contribution in [2.45, 2.75) is 37.1 Å². The van der Waals surface area contributed by atoms with Crippen molar-refractivity contribution < 1.29 is 19.8 Å². The minimum atomic E-state index is -1.09. The number of carboxylic acid groups (broad SMARTS) is 2. The number of alkyl halides is 1. The molecule has 0 spiro atoms. The molecule has 3 N–H and O–H groups in total. The van der Waals surface area contributed by atoms with Crippen LogP contribution < -0.4 is 5.32 Å². The van der Waals surface area contributed by atoms with Gasteiger partial charge >= 0.3 is 11.9 Å². The Morgan fingerprint density at radius 1 is 1.44 bits per heavy atom. The number of rotatable bonds is 4. The second-order valence-electron chi connectivity index (χ2n) is 4.92. The standard InChI is InChI=1S/C12H16ClNO4/c13-6-1-2-10-7(3-6)9(5-14-10)8(12(17)18)4-11(15)16/h5-8,10,14H,1-4H2,(H,15,16)(H,17,18). The van der Waals surface area contributed by atoms with Crippen LogP contribution in [0, 0.1) is 11.8 Å². The van der Waals surface area contributed by atoms with E-state index in [1.165, 1.54) is 0 Å². The van der Waals surface area contributed by atoms with Gasteiger partial charge in [-0.3, -0.25) is 9.59 Å². The largest absolute Gasteiger partial charge is 0.481 e. The number of nitrogens with one attached hydrogen (secondary N) is 1. The van der Waals surface area contributed by atoms with Crippen LogP contribution in [0.1, 0.15) is 25.7 Å². The van der Waals surface area contributed by atoms with Crippen molar-refractivity contribution in [1.29, 1.82) is 0 Å². The smallest absolute Gasteiger partial charge is 0.311 e. The van der Waals surface area contributed by atoms with Crippen molar-refractivity contribution in [3.05, 3.63) is 11.8 Å². The molecule has 4 unspecified atom stereocenters. The summed E-state index contributed by atoms with van der Waals surface area (Å²) in [5, 5.41) is 21.2. The molecule has 18 heavy (non-hydrogen) atoms. The van der Waals surface area contributed by atoms with Crippen LogP contribution >= 0.6 is 11.6 Å². The van der Waals surface area contributed by atoms with Crippen molar-refractivity contribution >= 4 is 23.5 Å². The third-order valence-electron chi connectivity index (χ3n) is 3.76. The number of hydrogen-bond donors (Lipinski definition) is 3. The van der Waals surface area contributed by atoms with Gasteiger partial charge in [0, 0.05) is 17.3 Å². The van der Waals surface area contributed by atoms with Crippen LogP contribution in [0.25, 0.3) is 0 Å². The maximum atomic E-state index is 11.2. The van der Waals surface area contributed by atoms with Gasteiger partial charge in [0.15, 0.2) is 0 Å². The first-order valence-corrected chi connectivity index (χ1v) is 6.47. The molecule has 0 aromatic carbocycles. The van der Waals surface area contributed by atoms with Gasteiger partial charge in [-0.15, -0.1) is 11.6 Å². The Labute approximate surface area is 110 Å². The minimum Gasteiger partial charge on any atom is -0.481 e. The molecule has 1 heterocycles. The number of carbonyl (C=O) groups is 2. The average molecular weight is 274 g/mol. The molecule has 5 nitrogen and oxygen atoms in total. The molecule has 0 saturated heterocycles. The van der Waals surface area contributed by atoms with Gasteiger partial charge in [-0.25, -0.2) is 0 Å². The summed E-state index contributed by atoms with van der Waals surface area (Å²) in [7, 11) is 0. The Morgan fingerprint density at radius 3 is 2.78 bits per heavy atom. The highest BCUT2D eigenvalue weighted by Gasteiger charge is 2.40. The molecule has 0 aromatic rings. The molecule has 4 atom stereocenters. The number of fused-ring (bicyclic) bond motifs is 1. The second kappa shape index (κ2) is 5.18. The lowest BCUT2D eigenvalue weighted by Crippen LogP contribution is -2.36.